The molecule has 1 aliphatic rings. The normalized spacial score (nSPS) is 17.4. The molecule has 0 saturated carbocycles. The molecule has 1 unspecified atom stereocenters. The Balaban J connectivity index is 2.06. The molecule has 8 heteroatoms. The lowest BCUT2D eigenvalue weighted by Gasteiger charge is -2.34. The summed E-state index contributed by atoms with van der Waals surface area (Å²) >= 11 is 1.74. The predicted octanol–water partition coefficient (Wildman–Crippen LogP) is 2.61. The molecule has 0 spiro atoms. The molecule has 2 aromatic heterocycles. The van der Waals surface area contributed by atoms with Crippen molar-refractivity contribution in [3.8, 4) is 0 Å². The molecule has 3 heterocycles. The van der Waals surface area contributed by atoms with Crippen LogP contribution < -0.4 is 10.2 Å². The highest BCUT2D eigenvalue weighted by atomic mass is 32.1. The number of nitrogens with zero attached hydrogens (tertiary/aromatic N) is 4. The molecule has 110 valence electrons. The van der Waals surface area contributed by atoms with Gasteiger partial charge in [-0.3, -0.25) is 10.1 Å². The molecule has 1 aliphatic heterocycles. The highest BCUT2D eigenvalue weighted by Crippen LogP contribution is 2.38. The van der Waals surface area contributed by atoms with Crippen LogP contribution in [0, 0.1) is 10.1 Å². The zero-order valence-corrected chi connectivity index (χ0v) is 12.6. The van der Waals surface area contributed by atoms with Crippen LogP contribution in [0.5, 0.6) is 0 Å². The fourth-order valence-corrected chi connectivity index (χ4v) is 3.59. The minimum absolute atomic E-state index is 0.0560. The second-order valence-corrected chi connectivity index (χ2v) is 5.83. The molecule has 0 bridgehead atoms. The van der Waals surface area contributed by atoms with Crippen molar-refractivity contribution in [2.45, 2.75) is 19.4 Å². The number of hydrogen-bond acceptors (Lipinski definition) is 7. The summed E-state index contributed by atoms with van der Waals surface area (Å²) in [4.78, 5) is 22.4. The Morgan fingerprint density at radius 1 is 1.57 bits per heavy atom. The van der Waals surface area contributed by atoms with Gasteiger partial charge in [0, 0.05) is 18.5 Å². The third-order valence-corrected chi connectivity index (χ3v) is 4.72. The van der Waals surface area contributed by atoms with Crippen molar-refractivity contribution >= 4 is 28.8 Å². The SMILES string of the molecule is CNc1ncc([N+](=O)[O-])c(N2CCc3sccc3C2C)n1. The molecule has 0 amide bonds. The van der Waals surface area contributed by atoms with Crippen molar-refractivity contribution in [1.29, 1.82) is 0 Å². The molecule has 0 aliphatic carbocycles. The maximum atomic E-state index is 11.2. The van der Waals surface area contributed by atoms with Gasteiger partial charge >= 0.3 is 5.69 Å². The Kier molecular flexibility index (Phi) is 3.46. The fourth-order valence-electron chi connectivity index (χ4n) is 2.63. The summed E-state index contributed by atoms with van der Waals surface area (Å²) in [5, 5.41) is 16.1. The molecular weight excluding hydrogens is 290 g/mol. The van der Waals surface area contributed by atoms with Crippen molar-refractivity contribution in [1.82, 2.24) is 9.97 Å². The van der Waals surface area contributed by atoms with Gasteiger partial charge in [0.25, 0.3) is 0 Å². The van der Waals surface area contributed by atoms with E-state index in [9.17, 15) is 10.1 Å². The van der Waals surface area contributed by atoms with Crippen LogP contribution in [0.2, 0.25) is 0 Å². The van der Waals surface area contributed by atoms with E-state index in [1.54, 1.807) is 18.4 Å². The van der Waals surface area contributed by atoms with E-state index in [1.165, 1.54) is 16.6 Å². The van der Waals surface area contributed by atoms with Gasteiger partial charge < -0.3 is 10.2 Å². The average molecular weight is 305 g/mol. The monoisotopic (exact) mass is 305 g/mol. The van der Waals surface area contributed by atoms with Crippen LogP contribution in [0.4, 0.5) is 17.5 Å². The van der Waals surface area contributed by atoms with Gasteiger partial charge in [-0.15, -0.1) is 11.3 Å². The van der Waals surface area contributed by atoms with Gasteiger partial charge in [0.05, 0.1) is 11.0 Å². The van der Waals surface area contributed by atoms with Crippen LogP contribution in [-0.2, 0) is 6.42 Å². The number of hydrogen-bond donors (Lipinski definition) is 1. The summed E-state index contributed by atoms with van der Waals surface area (Å²) in [7, 11) is 1.70. The Bertz CT molecular complexity index is 687. The molecule has 0 fully saturated rings. The van der Waals surface area contributed by atoms with Crippen LogP contribution in [-0.4, -0.2) is 28.5 Å². The van der Waals surface area contributed by atoms with Gasteiger partial charge in [-0.1, -0.05) is 0 Å². The van der Waals surface area contributed by atoms with Crippen molar-refractivity contribution in [2.75, 3.05) is 23.8 Å². The van der Waals surface area contributed by atoms with Crippen molar-refractivity contribution in [2.24, 2.45) is 0 Å². The first kappa shape index (κ1) is 13.7. The molecule has 21 heavy (non-hydrogen) atoms. The summed E-state index contributed by atoms with van der Waals surface area (Å²) < 4.78 is 0. The molecule has 1 N–H and O–H groups in total. The predicted molar refractivity (Wildman–Crippen MR) is 82.0 cm³/mol. The van der Waals surface area contributed by atoms with E-state index in [-0.39, 0.29) is 11.7 Å². The number of rotatable bonds is 3. The standard InChI is InChI=1S/C13H15N5O2S/c1-8-9-4-6-21-11(9)3-5-17(8)12-10(18(19)20)7-15-13(14-2)16-12/h4,6-8H,3,5H2,1-2H3,(H,14,15,16). The Morgan fingerprint density at radius 3 is 3.10 bits per heavy atom. The zero-order valence-electron chi connectivity index (χ0n) is 11.7. The number of anilines is 2. The molecule has 3 rings (SSSR count). The lowest BCUT2D eigenvalue weighted by molar-refractivity contribution is -0.384. The minimum atomic E-state index is -0.426. The van der Waals surface area contributed by atoms with Crippen molar-refractivity contribution in [3.63, 3.8) is 0 Å². The largest absolute Gasteiger partial charge is 0.357 e. The van der Waals surface area contributed by atoms with Crippen LogP contribution in [0.25, 0.3) is 0 Å². The van der Waals surface area contributed by atoms with Gasteiger partial charge in [0.1, 0.15) is 6.20 Å². The van der Waals surface area contributed by atoms with E-state index in [4.69, 9.17) is 0 Å². The quantitative estimate of drug-likeness (QED) is 0.693. The minimum Gasteiger partial charge on any atom is -0.357 e. The van der Waals surface area contributed by atoms with Gasteiger partial charge in [0.2, 0.25) is 11.8 Å². The van der Waals surface area contributed by atoms with E-state index in [0.29, 0.717) is 11.8 Å². The van der Waals surface area contributed by atoms with Crippen molar-refractivity contribution < 1.29 is 4.92 Å². The van der Waals surface area contributed by atoms with E-state index in [0.717, 1.165) is 13.0 Å². The molecule has 0 aromatic carbocycles. The Labute approximate surface area is 125 Å². The molecule has 2 aromatic rings. The molecule has 0 radical (unpaired) electrons. The van der Waals surface area contributed by atoms with Crippen LogP contribution >= 0.6 is 11.3 Å². The third-order valence-electron chi connectivity index (χ3n) is 3.72. The van der Waals surface area contributed by atoms with E-state index >= 15 is 0 Å². The average Bonchev–Trinajstić information content (AvgIpc) is 2.96. The Morgan fingerprint density at radius 2 is 2.38 bits per heavy atom. The molecular formula is C13H15N5O2S. The van der Waals surface area contributed by atoms with Gasteiger partial charge in [-0.2, -0.15) is 4.98 Å². The van der Waals surface area contributed by atoms with Gasteiger partial charge in [0.15, 0.2) is 0 Å². The summed E-state index contributed by atoms with van der Waals surface area (Å²) in [6.07, 6.45) is 2.15. The molecule has 7 nitrogen and oxygen atoms in total. The van der Waals surface area contributed by atoms with E-state index < -0.39 is 4.92 Å². The maximum Gasteiger partial charge on any atom is 0.329 e. The second-order valence-electron chi connectivity index (χ2n) is 4.83. The van der Waals surface area contributed by atoms with Crippen LogP contribution in [0.15, 0.2) is 17.6 Å². The lowest BCUT2D eigenvalue weighted by atomic mass is 10.0. The molecule has 0 saturated heterocycles. The smallest absolute Gasteiger partial charge is 0.329 e. The Hall–Kier alpha value is -2.22. The van der Waals surface area contributed by atoms with Gasteiger partial charge in [-0.25, -0.2) is 4.98 Å². The first-order valence-corrected chi connectivity index (χ1v) is 7.52. The van der Waals surface area contributed by atoms with E-state index in [2.05, 4.69) is 33.7 Å². The highest BCUT2D eigenvalue weighted by Gasteiger charge is 2.31. The summed E-state index contributed by atoms with van der Waals surface area (Å²) in [6, 6.07) is 2.15. The summed E-state index contributed by atoms with van der Waals surface area (Å²) in [6.45, 7) is 2.77. The maximum absolute atomic E-state index is 11.2. The van der Waals surface area contributed by atoms with Crippen molar-refractivity contribution in [3.05, 3.63) is 38.2 Å². The first-order valence-electron chi connectivity index (χ1n) is 6.64. The summed E-state index contributed by atoms with van der Waals surface area (Å²) in [5.74, 6) is 0.766. The van der Waals surface area contributed by atoms with Gasteiger partial charge in [-0.05, 0) is 30.4 Å². The highest BCUT2D eigenvalue weighted by molar-refractivity contribution is 7.10. The number of aromatic nitrogens is 2. The lowest BCUT2D eigenvalue weighted by Crippen LogP contribution is -2.34. The number of thiophene rings is 1. The van der Waals surface area contributed by atoms with E-state index in [1.807, 2.05) is 4.90 Å². The zero-order chi connectivity index (χ0) is 15.0. The fraction of sp³-hybridized carbons (Fsp3) is 0.385. The van der Waals surface area contributed by atoms with Crippen LogP contribution in [0.3, 0.4) is 0 Å². The topological polar surface area (TPSA) is 84.2 Å². The molecule has 1 atom stereocenters. The number of fused-ring (bicyclic) bond motifs is 1. The first-order chi connectivity index (χ1) is 10.1. The third kappa shape index (κ3) is 2.31. The van der Waals surface area contributed by atoms with Crippen LogP contribution in [0.1, 0.15) is 23.4 Å². The second kappa shape index (κ2) is 5.28. The number of nitrogens with one attached hydrogen (secondary N) is 1. The summed E-state index contributed by atoms with van der Waals surface area (Å²) in [5.41, 5.74) is 1.17. The number of nitro groups is 1.